The predicted octanol–water partition coefficient (Wildman–Crippen LogP) is 6.06. The Kier molecular flexibility index (Phi) is 5.03. The number of hydrogen-bond acceptors (Lipinski definition) is 4. The van der Waals surface area contributed by atoms with Crippen LogP contribution in [-0.2, 0) is 6.54 Å². The van der Waals surface area contributed by atoms with Crippen molar-refractivity contribution in [3.05, 3.63) is 88.7 Å². The Morgan fingerprint density at radius 3 is 2.63 bits per heavy atom. The number of fused-ring (bicyclic) bond motifs is 1. The van der Waals surface area contributed by atoms with Gasteiger partial charge in [-0.1, -0.05) is 51.8 Å². The van der Waals surface area contributed by atoms with E-state index in [4.69, 9.17) is 0 Å². The highest BCUT2D eigenvalue weighted by molar-refractivity contribution is 9.10. The van der Waals surface area contributed by atoms with E-state index in [1.165, 1.54) is 11.1 Å². The number of nitrogens with zero attached hydrogens (tertiary/aromatic N) is 2. The van der Waals surface area contributed by atoms with Crippen LogP contribution in [0.3, 0.4) is 0 Å². The number of aryl methyl sites for hydroxylation is 1. The molecule has 4 aromatic rings. The Balaban J connectivity index is 1.60. The van der Waals surface area contributed by atoms with Crippen LogP contribution in [0.2, 0.25) is 0 Å². The van der Waals surface area contributed by atoms with E-state index in [1.807, 2.05) is 36.4 Å². The van der Waals surface area contributed by atoms with Crippen LogP contribution in [0.25, 0.3) is 10.9 Å². The van der Waals surface area contributed by atoms with E-state index >= 15 is 0 Å². The normalized spacial score (nSPS) is 10.7. The van der Waals surface area contributed by atoms with Gasteiger partial charge in [0, 0.05) is 27.8 Å². The van der Waals surface area contributed by atoms with Gasteiger partial charge in [0.05, 0.1) is 5.52 Å². The average molecular weight is 419 g/mol. The minimum absolute atomic E-state index is 0.773. The van der Waals surface area contributed by atoms with Crippen molar-refractivity contribution in [2.24, 2.45) is 0 Å². The van der Waals surface area contributed by atoms with Crippen LogP contribution in [0.4, 0.5) is 17.2 Å². The lowest BCUT2D eigenvalue weighted by Gasteiger charge is -2.11. The molecule has 1 aromatic heterocycles. The van der Waals surface area contributed by atoms with Crippen molar-refractivity contribution < 1.29 is 0 Å². The van der Waals surface area contributed by atoms with Crippen molar-refractivity contribution in [2.45, 2.75) is 13.5 Å². The quantitative estimate of drug-likeness (QED) is 0.413. The van der Waals surface area contributed by atoms with E-state index in [0.717, 1.165) is 39.1 Å². The standard InChI is InChI=1S/C22H19BrN4/c1-15-4-2-5-16(10-15)13-24-18-8-9-21-20(12-18)22(26-14-25-21)27-19-7-3-6-17(23)11-19/h2-12,14,24H,13H2,1H3,(H,25,26,27). The van der Waals surface area contributed by atoms with Crippen LogP contribution < -0.4 is 10.6 Å². The third-order valence-electron chi connectivity index (χ3n) is 4.30. The Labute approximate surface area is 166 Å². The molecule has 0 saturated carbocycles. The molecule has 4 nitrogen and oxygen atoms in total. The molecule has 5 heteroatoms. The van der Waals surface area contributed by atoms with Gasteiger partial charge in [0.15, 0.2) is 0 Å². The second-order valence-electron chi connectivity index (χ2n) is 6.43. The number of benzene rings is 3. The van der Waals surface area contributed by atoms with Gasteiger partial charge in [-0.3, -0.25) is 0 Å². The molecule has 134 valence electrons. The monoisotopic (exact) mass is 418 g/mol. The van der Waals surface area contributed by atoms with E-state index in [0.29, 0.717) is 0 Å². The summed E-state index contributed by atoms with van der Waals surface area (Å²) in [6, 6.07) is 22.7. The van der Waals surface area contributed by atoms with Gasteiger partial charge < -0.3 is 10.6 Å². The van der Waals surface area contributed by atoms with Crippen molar-refractivity contribution in [1.82, 2.24) is 9.97 Å². The first-order valence-corrected chi connectivity index (χ1v) is 9.53. The third-order valence-corrected chi connectivity index (χ3v) is 4.80. The zero-order chi connectivity index (χ0) is 18.6. The fourth-order valence-corrected chi connectivity index (χ4v) is 3.39. The van der Waals surface area contributed by atoms with Crippen LogP contribution in [0.15, 0.2) is 77.5 Å². The maximum Gasteiger partial charge on any atom is 0.141 e. The number of rotatable bonds is 5. The first-order valence-electron chi connectivity index (χ1n) is 8.74. The second kappa shape index (κ2) is 7.76. The largest absolute Gasteiger partial charge is 0.381 e. The molecule has 2 N–H and O–H groups in total. The fraction of sp³-hybridized carbons (Fsp3) is 0.0909. The van der Waals surface area contributed by atoms with Crippen LogP contribution in [0.1, 0.15) is 11.1 Å². The molecule has 27 heavy (non-hydrogen) atoms. The number of aromatic nitrogens is 2. The molecule has 3 aromatic carbocycles. The molecule has 0 bridgehead atoms. The van der Waals surface area contributed by atoms with Crippen LogP contribution in [-0.4, -0.2) is 9.97 Å². The fourth-order valence-electron chi connectivity index (χ4n) is 3.00. The molecule has 4 rings (SSSR count). The second-order valence-corrected chi connectivity index (χ2v) is 7.35. The summed E-state index contributed by atoms with van der Waals surface area (Å²) in [6.45, 7) is 2.88. The Morgan fingerprint density at radius 1 is 0.889 bits per heavy atom. The van der Waals surface area contributed by atoms with Gasteiger partial charge in [-0.2, -0.15) is 0 Å². The Bertz CT molecular complexity index is 1090. The molecule has 0 aliphatic carbocycles. The highest BCUT2D eigenvalue weighted by Gasteiger charge is 2.06. The highest BCUT2D eigenvalue weighted by Crippen LogP contribution is 2.27. The van der Waals surface area contributed by atoms with Crippen molar-refractivity contribution in [2.75, 3.05) is 10.6 Å². The first-order chi connectivity index (χ1) is 13.2. The SMILES string of the molecule is Cc1cccc(CNc2ccc3ncnc(Nc4cccc(Br)c4)c3c2)c1. The molecule has 0 spiro atoms. The number of anilines is 3. The van der Waals surface area contributed by atoms with Gasteiger partial charge in [0.2, 0.25) is 0 Å². The van der Waals surface area contributed by atoms with Crippen LogP contribution >= 0.6 is 15.9 Å². The highest BCUT2D eigenvalue weighted by atomic mass is 79.9. The minimum atomic E-state index is 0.773. The van der Waals surface area contributed by atoms with Crippen LogP contribution in [0.5, 0.6) is 0 Å². The maximum absolute atomic E-state index is 4.44. The molecule has 0 atom stereocenters. The van der Waals surface area contributed by atoms with E-state index in [-0.39, 0.29) is 0 Å². The third kappa shape index (κ3) is 4.26. The van der Waals surface area contributed by atoms with Gasteiger partial charge in [0.25, 0.3) is 0 Å². The molecule has 0 saturated heterocycles. The number of nitrogens with one attached hydrogen (secondary N) is 2. The molecule has 0 radical (unpaired) electrons. The smallest absolute Gasteiger partial charge is 0.141 e. The Morgan fingerprint density at radius 2 is 1.78 bits per heavy atom. The first kappa shape index (κ1) is 17.5. The Hall–Kier alpha value is -2.92. The summed E-state index contributed by atoms with van der Waals surface area (Å²) in [7, 11) is 0. The van der Waals surface area contributed by atoms with Gasteiger partial charge in [-0.25, -0.2) is 9.97 Å². The van der Waals surface area contributed by atoms with Crippen molar-refractivity contribution in [3.8, 4) is 0 Å². The van der Waals surface area contributed by atoms with E-state index < -0.39 is 0 Å². The summed E-state index contributed by atoms with van der Waals surface area (Å²) in [5.74, 6) is 0.789. The van der Waals surface area contributed by atoms with Crippen molar-refractivity contribution in [1.29, 1.82) is 0 Å². The van der Waals surface area contributed by atoms with Gasteiger partial charge in [-0.15, -0.1) is 0 Å². The maximum atomic E-state index is 4.44. The molecule has 1 heterocycles. The molecular formula is C22H19BrN4. The zero-order valence-electron chi connectivity index (χ0n) is 14.9. The van der Waals surface area contributed by atoms with Crippen LogP contribution in [0, 0.1) is 6.92 Å². The van der Waals surface area contributed by atoms with Gasteiger partial charge in [-0.05, 0) is 48.9 Å². The molecular weight excluding hydrogens is 400 g/mol. The summed E-state index contributed by atoms with van der Waals surface area (Å²) < 4.78 is 1.02. The minimum Gasteiger partial charge on any atom is -0.381 e. The zero-order valence-corrected chi connectivity index (χ0v) is 16.5. The number of hydrogen-bond donors (Lipinski definition) is 2. The summed E-state index contributed by atoms with van der Waals surface area (Å²) in [5, 5.41) is 7.86. The molecule has 0 amide bonds. The topological polar surface area (TPSA) is 49.8 Å². The van der Waals surface area contributed by atoms with E-state index in [1.54, 1.807) is 6.33 Å². The van der Waals surface area contributed by atoms with E-state index in [2.05, 4.69) is 73.8 Å². The van der Waals surface area contributed by atoms with Gasteiger partial charge in [0.1, 0.15) is 12.1 Å². The average Bonchev–Trinajstić information content (AvgIpc) is 2.67. The summed E-state index contributed by atoms with van der Waals surface area (Å²) >= 11 is 3.50. The van der Waals surface area contributed by atoms with Crippen molar-refractivity contribution >= 4 is 44.0 Å². The summed E-state index contributed by atoms with van der Waals surface area (Å²) in [4.78, 5) is 8.82. The molecule has 0 fully saturated rings. The van der Waals surface area contributed by atoms with E-state index in [9.17, 15) is 0 Å². The molecule has 0 aliphatic heterocycles. The lowest BCUT2D eigenvalue weighted by molar-refractivity contribution is 1.14. The lowest BCUT2D eigenvalue weighted by Crippen LogP contribution is -2.01. The van der Waals surface area contributed by atoms with Crippen molar-refractivity contribution in [3.63, 3.8) is 0 Å². The summed E-state index contributed by atoms with van der Waals surface area (Å²) in [6.07, 6.45) is 1.59. The number of halogens is 1. The predicted molar refractivity (Wildman–Crippen MR) is 115 cm³/mol. The molecule has 0 aliphatic rings. The van der Waals surface area contributed by atoms with Gasteiger partial charge >= 0.3 is 0 Å². The lowest BCUT2D eigenvalue weighted by atomic mass is 10.1. The molecule has 0 unspecified atom stereocenters. The summed E-state index contributed by atoms with van der Waals surface area (Å²) in [5.41, 5.74) is 5.44.